The zero-order valence-corrected chi connectivity index (χ0v) is 19.7. The normalized spacial score (nSPS) is 10.5. The third-order valence-corrected chi connectivity index (χ3v) is 4.86. The van der Waals surface area contributed by atoms with Gasteiger partial charge in [0, 0.05) is 10.6 Å². The first-order valence-electron chi connectivity index (χ1n) is 10.3. The third-order valence-electron chi connectivity index (χ3n) is 4.61. The molecule has 2 N–H and O–H groups in total. The molecule has 0 saturated carbocycles. The van der Waals surface area contributed by atoms with Crippen LogP contribution in [0.25, 0.3) is 0 Å². The summed E-state index contributed by atoms with van der Waals surface area (Å²) in [6.45, 7) is -0.288. The van der Waals surface area contributed by atoms with Crippen LogP contribution in [0.15, 0.2) is 71.8 Å². The second-order valence-corrected chi connectivity index (χ2v) is 7.45. The fourth-order valence-electron chi connectivity index (χ4n) is 2.87. The highest BCUT2D eigenvalue weighted by Crippen LogP contribution is 2.27. The van der Waals surface area contributed by atoms with Crippen LogP contribution in [0.5, 0.6) is 17.2 Å². The molecule has 10 heteroatoms. The van der Waals surface area contributed by atoms with E-state index in [1.165, 1.54) is 26.5 Å². The van der Waals surface area contributed by atoms with Gasteiger partial charge in [-0.25, -0.2) is 10.2 Å². The summed E-state index contributed by atoms with van der Waals surface area (Å²) >= 11 is 5.83. The average molecular weight is 496 g/mol. The molecule has 0 aliphatic heterocycles. The SMILES string of the molecule is COc1ccc(C(=O)NCC(=O)N/N=C\c2cccc(OC(=O)c3ccc(Cl)cc3)c2)cc1OC. The maximum Gasteiger partial charge on any atom is 0.343 e. The molecule has 0 saturated heterocycles. The van der Waals surface area contributed by atoms with E-state index in [9.17, 15) is 14.4 Å². The number of methoxy groups -OCH3 is 2. The minimum Gasteiger partial charge on any atom is -0.493 e. The lowest BCUT2D eigenvalue weighted by molar-refractivity contribution is -0.120. The van der Waals surface area contributed by atoms with Crippen LogP contribution in [0.1, 0.15) is 26.3 Å². The Hall–Kier alpha value is -4.37. The van der Waals surface area contributed by atoms with Crippen molar-refractivity contribution in [2.45, 2.75) is 0 Å². The first kappa shape index (κ1) is 25.3. The fourth-order valence-corrected chi connectivity index (χ4v) is 2.99. The summed E-state index contributed by atoms with van der Waals surface area (Å²) in [7, 11) is 2.96. The predicted octanol–water partition coefficient (Wildman–Crippen LogP) is 3.46. The molecular weight excluding hydrogens is 474 g/mol. The quantitative estimate of drug-likeness (QED) is 0.203. The van der Waals surface area contributed by atoms with E-state index in [-0.39, 0.29) is 6.54 Å². The van der Waals surface area contributed by atoms with Gasteiger partial charge in [0.1, 0.15) is 5.75 Å². The van der Waals surface area contributed by atoms with E-state index in [0.29, 0.717) is 39.0 Å². The minimum absolute atomic E-state index is 0.288. The molecule has 0 fully saturated rings. The van der Waals surface area contributed by atoms with E-state index in [2.05, 4.69) is 15.8 Å². The van der Waals surface area contributed by atoms with Crippen LogP contribution in [0.3, 0.4) is 0 Å². The van der Waals surface area contributed by atoms with Gasteiger partial charge in [-0.1, -0.05) is 23.7 Å². The molecule has 0 aromatic heterocycles. The third kappa shape index (κ3) is 7.31. The predicted molar refractivity (Wildman–Crippen MR) is 130 cm³/mol. The molecule has 0 bridgehead atoms. The lowest BCUT2D eigenvalue weighted by Gasteiger charge is -2.09. The summed E-state index contributed by atoms with van der Waals surface area (Å²) in [5.41, 5.74) is 3.57. The number of rotatable bonds is 9. The van der Waals surface area contributed by atoms with E-state index in [0.717, 1.165) is 0 Å². The number of nitrogens with zero attached hydrogens (tertiary/aromatic N) is 1. The van der Waals surface area contributed by atoms with Gasteiger partial charge in [0.05, 0.1) is 32.5 Å². The molecule has 0 spiro atoms. The lowest BCUT2D eigenvalue weighted by atomic mass is 10.2. The first-order valence-corrected chi connectivity index (χ1v) is 10.7. The highest BCUT2D eigenvalue weighted by Gasteiger charge is 2.12. The summed E-state index contributed by atoms with van der Waals surface area (Å²) in [4.78, 5) is 36.5. The molecule has 3 aromatic rings. The van der Waals surface area contributed by atoms with Crippen LogP contribution in [-0.2, 0) is 4.79 Å². The highest BCUT2D eigenvalue weighted by atomic mass is 35.5. The van der Waals surface area contributed by atoms with Crippen molar-refractivity contribution < 1.29 is 28.6 Å². The number of carbonyl (C=O) groups excluding carboxylic acids is 3. The Morgan fingerprint density at radius 2 is 1.63 bits per heavy atom. The number of hydrogen-bond acceptors (Lipinski definition) is 7. The summed E-state index contributed by atoms with van der Waals surface area (Å²) in [6, 6.07) is 17.6. The van der Waals surface area contributed by atoms with Crippen molar-refractivity contribution in [3.63, 3.8) is 0 Å². The van der Waals surface area contributed by atoms with Crippen LogP contribution < -0.4 is 25.0 Å². The van der Waals surface area contributed by atoms with Crippen LogP contribution >= 0.6 is 11.6 Å². The van der Waals surface area contributed by atoms with Crippen molar-refractivity contribution in [3.05, 3.63) is 88.4 Å². The Balaban J connectivity index is 1.50. The van der Waals surface area contributed by atoms with Gasteiger partial charge in [0.2, 0.25) is 0 Å². The van der Waals surface area contributed by atoms with Crippen LogP contribution in [-0.4, -0.2) is 44.8 Å². The Labute approximate surface area is 206 Å². The standard InChI is InChI=1S/C25H22ClN3O6/c1-33-21-11-8-18(13-22(21)34-2)24(31)27-15-23(30)29-28-14-16-4-3-5-20(12-16)35-25(32)17-6-9-19(26)10-7-17/h3-14H,15H2,1-2H3,(H,27,31)(H,29,30)/b28-14-. The van der Waals surface area contributed by atoms with E-state index >= 15 is 0 Å². The topological polar surface area (TPSA) is 115 Å². The number of halogens is 1. The zero-order chi connectivity index (χ0) is 25.2. The molecule has 180 valence electrons. The Morgan fingerprint density at radius 3 is 2.34 bits per heavy atom. The van der Waals surface area contributed by atoms with E-state index in [1.54, 1.807) is 60.7 Å². The highest BCUT2D eigenvalue weighted by molar-refractivity contribution is 6.30. The summed E-state index contributed by atoms with van der Waals surface area (Å²) in [6.07, 6.45) is 1.38. The van der Waals surface area contributed by atoms with Gasteiger partial charge in [-0.05, 0) is 60.2 Å². The molecular formula is C25H22ClN3O6. The molecule has 35 heavy (non-hydrogen) atoms. The second-order valence-electron chi connectivity index (χ2n) is 7.01. The minimum atomic E-state index is -0.533. The van der Waals surface area contributed by atoms with Crippen LogP contribution in [0, 0.1) is 0 Å². The second kappa shape index (κ2) is 12.2. The number of amides is 2. The van der Waals surface area contributed by atoms with Crippen molar-refractivity contribution in [2.75, 3.05) is 20.8 Å². The molecule has 0 unspecified atom stereocenters. The molecule has 0 aliphatic carbocycles. The number of ether oxygens (including phenoxy) is 3. The smallest absolute Gasteiger partial charge is 0.343 e. The number of hydrogen-bond donors (Lipinski definition) is 2. The van der Waals surface area contributed by atoms with E-state index in [1.807, 2.05) is 0 Å². The van der Waals surface area contributed by atoms with Gasteiger partial charge in [-0.15, -0.1) is 0 Å². The monoisotopic (exact) mass is 495 g/mol. The molecule has 0 aliphatic rings. The molecule has 2 amide bonds. The van der Waals surface area contributed by atoms with Gasteiger partial charge in [-0.3, -0.25) is 9.59 Å². The maximum atomic E-state index is 12.3. The number of esters is 1. The molecule has 0 radical (unpaired) electrons. The van der Waals surface area contributed by atoms with Gasteiger partial charge >= 0.3 is 5.97 Å². The lowest BCUT2D eigenvalue weighted by Crippen LogP contribution is -2.34. The van der Waals surface area contributed by atoms with E-state index in [4.69, 9.17) is 25.8 Å². The van der Waals surface area contributed by atoms with Gasteiger partial charge in [-0.2, -0.15) is 5.10 Å². The fraction of sp³-hybridized carbons (Fsp3) is 0.120. The van der Waals surface area contributed by atoms with Crippen molar-refractivity contribution in [2.24, 2.45) is 5.10 Å². The van der Waals surface area contributed by atoms with Crippen molar-refractivity contribution in [1.82, 2.24) is 10.7 Å². The number of nitrogens with one attached hydrogen (secondary N) is 2. The van der Waals surface area contributed by atoms with Crippen LogP contribution in [0.2, 0.25) is 5.02 Å². The van der Waals surface area contributed by atoms with Crippen molar-refractivity contribution in [1.29, 1.82) is 0 Å². The largest absolute Gasteiger partial charge is 0.493 e. The number of hydrazone groups is 1. The van der Waals surface area contributed by atoms with Gasteiger partial charge in [0.25, 0.3) is 11.8 Å². The molecule has 9 nitrogen and oxygen atoms in total. The average Bonchev–Trinajstić information content (AvgIpc) is 2.87. The summed E-state index contributed by atoms with van der Waals surface area (Å²) in [5.74, 6) is -0.326. The maximum absolute atomic E-state index is 12.3. The molecule has 3 rings (SSSR count). The van der Waals surface area contributed by atoms with Gasteiger partial charge < -0.3 is 19.5 Å². The van der Waals surface area contributed by atoms with Crippen molar-refractivity contribution >= 4 is 35.6 Å². The Kier molecular flexibility index (Phi) is 8.80. The first-order chi connectivity index (χ1) is 16.9. The van der Waals surface area contributed by atoms with Crippen molar-refractivity contribution in [3.8, 4) is 17.2 Å². The molecule has 0 atom stereocenters. The summed E-state index contributed by atoms with van der Waals surface area (Å²) in [5, 5.41) is 6.88. The van der Waals surface area contributed by atoms with Gasteiger partial charge in [0.15, 0.2) is 11.5 Å². The Morgan fingerprint density at radius 1 is 0.914 bits per heavy atom. The summed E-state index contributed by atoms with van der Waals surface area (Å²) < 4.78 is 15.7. The van der Waals surface area contributed by atoms with E-state index < -0.39 is 17.8 Å². The molecule has 0 heterocycles. The Bertz CT molecular complexity index is 1240. The zero-order valence-electron chi connectivity index (χ0n) is 18.9. The molecule has 3 aromatic carbocycles. The van der Waals surface area contributed by atoms with Crippen LogP contribution in [0.4, 0.5) is 0 Å². The number of carbonyl (C=O) groups is 3. The number of benzene rings is 3.